The van der Waals surface area contributed by atoms with Gasteiger partial charge in [0.2, 0.25) is 17.8 Å². The van der Waals surface area contributed by atoms with Gasteiger partial charge in [-0.1, -0.05) is 30.3 Å². The standard InChI is InChI=1S/C15H22N6/c1-5-16-13-17-14(20(2)3)19-15(18-13)21(4)11-12-9-7-6-8-10-12/h6-10H,5,11H2,1-4H3,(H,16,17,18,19). The Morgan fingerprint density at radius 3 is 2.24 bits per heavy atom. The van der Waals surface area contributed by atoms with Gasteiger partial charge >= 0.3 is 0 Å². The fourth-order valence-corrected chi connectivity index (χ4v) is 1.89. The van der Waals surface area contributed by atoms with Gasteiger partial charge in [0.15, 0.2) is 0 Å². The van der Waals surface area contributed by atoms with Crippen molar-refractivity contribution < 1.29 is 0 Å². The lowest BCUT2D eigenvalue weighted by atomic mass is 10.2. The summed E-state index contributed by atoms with van der Waals surface area (Å²) in [4.78, 5) is 17.2. The maximum atomic E-state index is 4.50. The van der Waals surface area contributed by atoms with Crippen molar-refractivity contribution in [2.24, 2.45) is 0 Å². The maximum Gasteiger partial charge on any atom is 0.232 e. The van der Waals surface area contributed by atoms with Gasteiger partial charge in [0.05, 0.1) is 0 Å². The molecule has 0 radical (unpaired) electrons. The van der Waals surface area contributed by atoms with E-state index >= 15 is 0 Å². The molecule has 1 aromatic carbocycles. The zero-order chi connectivity index (χ0) is 15.2. The Bertz CT molecular complexity index is 570. The minimum Gasteiger partial charge on any atom is -0.354 e. The Hall–Kier alpha value is -2.37. The summed E-state index contributed by atoms with van der Waals surface area (Å²) >= 11 is 0. The summed E-state index contributed by atoms with van der Waals surface area (Å²) in [5, 5.41) is 3.15. The predicted octanol–water partition coefficient (Wildman–Crippen LogP) is 2.01. The van der Waals surface area contributed by atoms with Gasteiger partial charge in [-0.15, -0.1) is 0 Å². The number of benzene rings is 1. The molecule has 0 spiro atoms. The largest absolute Gasteiger partial charge is 0.354 e. The normalized spacial score (nSPS) is 10.3. The van der Waals surface area contributed by atoms with Crippen LogP contribution in [0, 0.1) is 0 Å². The lowest BCUT2D eigenvalue weighted by Gasteiger charge is -2.20. The fraction of sp³-hybridized carbons (Fsp3) is 0.400. The lowest BCUT2D eigenvalue weighted by molar-refractivity contribution is 0.841. The first-order valence-corrected chi connectivity index (χ1v) is 7.02. The molecule has 1 aromatic heterocycles. The van der Waals surface area contributed by atoms with E-state index in [0.717, 1.165) is 13.1 Å². The van der Waals surface area contributed by atoms with Gasteiger partial charge in [0, 0.05) is 34.2 Å². The second-order valence-electron chi connectivity index (χ2n) is 5.03. The number of nitrogens with zero attached hydrogens (tertiary/aromatic N) is 5. The molecule has 0 aliphatic heterocycles. The molecule has 0 aliphatic rings. The van der Waals surface area contributed by atoms with E-state index in [1.165, 1.54) is 5.56 Å². The van der Waals surface area contributed by atoms with Crippen molar-refractivity contribution in [2.45, 2.75) is 13.5 Å². The van der Waals surface area contributed by atoms with E-state index in [1.54, 1.807) is 0 Å². The monoisotopic (exact) mass is 286 g/mol. The van der Waals surface area contributed by atoms with Gasteiger partial charge in [-0.05, 0) is 12.5 Å². The molecule has 2 rings (SSSR count). The van der Waals surface area contributed by atoms with E-state index in [-0.39, 0.29) is 0 Å². The Balaban J connectivity index is 2.24. The Kier molecular flexibility index (Phi) is 4.92. The molecule has 0 fully saturated rings. The van der Waals surface area contributed by atoms with Crippen LogP contribution in [0.4, 0.5) is 17.8 Å². The molecule has 21 heavy (non-hydrogen) atoms. The lowest BCUT2D eigenvalue weighted by Crippen LogP contribution is -2.23. The van der Waals surface area contributed by atoms with Crippen molar-refractivity contribution in [2.75, 3.05) is 42.8 Å². The van der Waals surface area contributed by atoms with Crippen LogP contribution in [0.5, 0.6) is 0 Å². The molecule has 0 unspecified atom stereocenters. The van der Waals surface area contributed by atoms with Crippen LogP contribution in [-0.4, -0.2) is 42.6 Å². The van der Waals surface area contributed by atoms with Crippen molar-refractivity contribution in [3.63, 3.8) is 0 Å². The highest BCUT2D eigenvalue weighted by atomic mass is 15.3. The van der Waals surface area contributed by atoms with Crippen LogP contribution in [0.3, 0.4) is 0 Å². The molecule has 0 saturated carbocycles. The van der Waals surface area contributed by atoms with Gasteiger partial charge < -0.3 is 15.1 Å². The van der Waals surface area contributed by atoms with E-state index in [4.69, 9.17) is 0 Å². The molecule has 0 bridgehead atoms. The van der Waals surface area contributed by atoms with Crippen LogP contribution in [0.15, 0.2) is 30.3 Å². The number of nitrogens with one attached hydrogen (secondary N) is 1. The molecule has 0 amide bonds. The third-order valence-electron chi connectivity index (χ3n) is 2.95. The average molecular weight is 286 g/mol. The van der Waals surface area contributed by atoms with Gasteiger partial charge in [0.1, 0.15) is 0 Å². The van der Waals surface area contributed by atoms with Crippen molar-refractivity contribution in [1.82, 2.24) is 15.0 Å². The molecular weight excluding hydrogens is 264 g/mol. The quantitative estimate of drug-likeness (QED) is 0.876. The van der Waals surface area contributed by atoms with Crippen molar-refractivity contribution in [1.29, 1.82) is 0 Å². The molecule has 6 nitrogen and oxygen atoms in total. The number of aromatic nitrogens is 3. The van der Waals surface area contributed by atoms with E-state index < -0.39 is 0 Å². The summed E-state index contributed by atoms with van der Waals surface area (Å²) in [6, 6.07) is 10.3. The van der Waals surface area contributed by atoms with Crippen LogP contribution in [0.2, 0.25) is 0 Å². The minimum atomic E-state index is 0.603. The molecule has 6 heteroatoms. The molecule has 1 N–H and O–H groups in total. The van der Waals surface area contributed by atoms with Crippen molar-refractivity contribution in [3.8, 4) is 0 Å². The molecule has 0 saturated heterocycles. The number of rotatable bonds is 6. The van der Waals surface area contributed by atoms with Gasteiger partial charge in [0.25, 0.3) is 0 Å². The fourth-order valence-electron chi connectivity index (χ4n) is 1.89. The first-order chi connectivity index (χ1) is 10.1. The Morgan fingerprint density at radius 1 is 0.952 bits per heavy atom. The molecule has 0 aliphatic carbocycles. The molecule has 0 atom stereocenters. The van der Waals surface area contributed by atoms with Crippen LogP contribution < -0.4 is 15.1 Å². The number of anilines is 3. The van der Waals surface area contributed by atoms with Crippen molar-refractivity contribution >= 4 is 17.8 Å². The summed E-state index contributed by atoms with van der Waals surface area (Å²) in [5.41, 5.74) is 1.22. The minimum absolute atomic E-state index is 0.603. The second-order valence-corrected chi connectivity index (χ2v) is 5.03. The first-order valence-electron chi connectivity index (χ1n) is 7.02. The maximum absolute atomic E-state index is 4.50. The number of hydrogen-bond donors (Lipinski definition) is 1. The smallest absolute Gasteiger partial charge is 0.232 e. The second kappa shape index (κ2) is 6.88. The molecule has 112 valence electrons. The van der Waals surface area contributed by atoms with E-state index in [0.29, 0.717) is 17.8 Å². The van der Waals surface area contributed by atoms with Gasteiger partial charge in [-0.2, -0.15) is 15.0 Å². The van der Waals surface area contributed by atoms with Crippen LogP contribution in [0.25, 0.3) is 0 Å². The zero-order valence-corrected chi connectivity index (χ0v) is 13.0. The summed E-state index contributed by atoms with van der Waals surface area (Å²) in [5.74, 6) is 1.91. The Labute approximate surface area is 125 Å². The van der Waals surface area contributed by atoms with Gasteiger partial charge in [-0.25, -0.2) is 0 Å². The van der Waals surface area contributed by atoms with E-state index in [2.05, 4.69) is 32.4 Å². The molecule has 2 aromatic rings. The SMILES string of the molecule is CCNc1nc(N(C)C)nc(N(C)Cc2ccccc2)n1. The topological polar surface area (TPSA) is 57.2 Å². The van der Waals surface area contributed by atoms with E-state index in [1.807, 2.05) is 56.1 Å². The third kappa shape index (κ3) is 4.05. The Morgan fingerprint density at radius 2 is 1.62 bits per heavy atom. The van der Waals surface area contributed by atoms with Crippen LogP contribution >= 0.6 is 0 Å². The third-order valence-corrected chi connectivity index (χ3v) is 2.95. The van der Waals surface area contributed by atoms with Gasteiger partial charge in [-0.3, -0.25) is 0 Å². The summed E-state index contributed by atoms with van der Waals surface area (Å²) in [7, 11) is 5.83. The predicted molar refractivity (Wildman–Crippen MR) is 86.9 cm³/mol. The number of hydrogen-bond acceptors (Lipinski definition) is 6. The van der Waals surface area contributed by atoms with Crippen LogP contribution in [-0.2, 0) is 6.54 Å². The molecule has 1 heterocycles. The zero-order valence-electron chi connectivity index (χ0n) is 13.0. The van der Waals surface area contributed by atoms with E-state index in [9.17, 15) is 0 Å². The summed E-state index contributed by atoms with van der Waals surface area (Å²) < 4.78 is 0. The van der Waals surface area contributed by atoms with Crippen molar-refractivity contribution in [3.05, 3.63) is 35.9 Å². The summed E-state index contributed by atoms with van der Waals surface area (Å²) in [6.45, 7) is 3.55. The highest BCUT2D eigenvalue weighted by Gasteiger charge is 2.11. The van der Waals surface area contributed by atoms with Crippen LogP contribution in [0.1, 0.15) is 12.5 Å². The summed E-state index contributed by atoms with van der Waals surface area (Å²) in [6.07, 6.45) is 0. The first kappa shape index (κ1) is 15.0. The average Bonchev–Trinajstić information content (AvgIpc) is 2.48. The highest BCUT2D eigenvalue weighted by molar-refractivity contribution is 5.44. The molecular formula is C15H22N6. The highest BCUT2D eigenvalue weighted by Crippen LogP contribution is 2.16.